The number of hydrogen-bond acceptors (Lipinski definition) is 7. The van der Waals surface area contributed by atoms with Gasteiger partial charge in [-0.1, -0.05) is 23.4 Å². The Morgan fingerprint density at radius 2 is 1.93 bits per heavy atom. The van der Waals surface area contributed by atoms with Crippen molar-refractivity contribution in [2.75, 3.05) is 10.0 Å². The van der Waals surface area contributed by atoms with Crippen LogP contribution in [-0.2, 0) is 10.0 Å². The zero-order valence-electron chi connectivity index (χ0n) is 14.4. The van der Waals surface area contributed by atoms with E-state index in [-0.39, 0.29) is 27.7 Å². The highest BCUT2D eigenvalue weighted by Crippen LogP contribution is 2.30. The van der Waals surface area contributed by atoms with Gasteiger partial charge in [0.25, 0.3) is 10.0 Å². The van der Waals surface area contributed by atoms with Crippen molar-refractivity contribution in [3.05, 3.63) is 59.5 Å². The molecule has 0 aliphatic heterocycles. The summed E-state index contributed by atoms with van der Waals surface area (Å²) in [6, 6.07) is 8.59. The van der Waals surface area contributed by atoms with Crippen LogP contribution in [0.5, 0.6) is 0 Å². The molecule has 140 valence electrons. The third-order valence-corrected chi connectivity index (χ3v) is 5.24. The largest absolute Gasteiger partial charge is 0.478 e. The van der Waals surface area contributed by atoms with Gasteiger partial charge in [-0.25, -0.2) is 9.78 Å². The summed E-state index contributed by atoms with van der Waals surface area (Å²) in [7, 11) is -4.10. The zero-order chi connectivity index (χ0) is 19.6. The van der Waals surface area contributed by atoms with Crippen molar-refractivity contribution < 1.29 is 22.8 Å². The lowest BCUT2D eigenvalue weighted by Crippen LogP contribution is -2.18. The minimum absolute atomic E-state index is 0.00748. The Balaban J connectivity index is 2.10. The highest BCUT2D eigenvalue weighted by Gasteiger charge is 2.25. The number of carboxylic acid groups (broad SMARTS) is 1. The summed E-state index contributed by atoms with van der Waals surface area (Å²) in [6.45, 7) is 3.33. The summed E-state index contributed by atoms with van der Waals surface area (Å²) in [6.07, 6.45) is 2.23. The van der Waals surface area contributed by atoms with Crippen molar-refractivity contribution in [2.45, 2.75) is 18.9 Å². The number of pyridine rings is 1. The van der Waals surface area contributed by atoms with Crippen LogP contribution in [0.1, 0.15) is 21.5 Å². The number of hydrogen-bond donors (Lipinski definition) is 3. The molecule has 0 radical (unpaired) electrons. The molecule has 0 saturated carbocycles. The predicted octanol–water partition coefficient (Wildman–Crippen LogP) is 2.93. The first-order valence-corrected chi connectivity index (χ1v) is 9.26. The molecule has 2 aromatic heterocycles. The van der Waals surface area contributed by atoms with Crippen molar-refractivity contribution in [3.63, 3.8) is 0 Å². The SMILES string of the molecule is Cc1ccccc1Nc1c(C(=O)O)cnc(S(=O)(=O)Nc2ccon2)c1C. The first-order valence-electron chi connectivity index (χ1n) is 7.78. The number of anilines is 3. The quantitative estimate of drug-likeness (QED) is 0.587. The van der Waals surface area contributed by atoms with E-state index in [1.807, 2.05) is 19.1 Å². The molecular weight excluding hydrogens is 372 g/mol. The Bertz CT molecular complexity index is 1090. The fourth-order valence-corrected chi connectivity index (χ4v) is 3.66. The Hall–Kier alpha value is -3.40. The monoisotopic (exact) mass is 388 g/mol. The lowest BCUT2D eigenvalue weighted by Gasteiger charge is -2.17. The minimum Gasteiger partial charge on any atom is -0.478 e. The van der Waals surface area contributed by atoms with E-state index >= 15 is 0 Å². The van der Waals surface area contributed by atoms with E-state index in [2.05, 4.69) is 24.7 Å². The number of carbonyl (C=O) groups is 1. The number of aromatic carboxylic acids is 1. The molecule has 0 fully saturated rings. The highest BCUT2D eigenvalue weighted by atomic mass is 32.2. The van der Waals surface area contributed by atoms with Crippen LogP contribution in [0.2, 0.25) is 0 Å². The first-order chi connectivity index (χ1) is 12.8. The van der Waals surface area contributed by atoms with Gasteiger partial charge in [-0.15, -0.1) is 0 Å². The third-order valence-electron chi connectivity index (χ3n) is 3.84. The Labute approximate surface area is 155 Å². The number of nitrogens with zero attached hydrogens (tertiary/aromatic N) is 2. The number of benzene rings is 1. The second kappa shape index (κ2) is 7.08. The first kappa shape index (κ1) is 18.4. The maximum Gasteiger partial charge on any atom is 0.339 e. The summed E-state index contributed by atoms with van der Waals surface area (Å²) in [5, 5.41) is 15.7. The molecular formula is C17H16N4O5S. The fourth-order valence-electron chi connectivity index (χ4n) is 2.49. The van der Waals surface area contributed by atoms with E-state index in [1.54, 1.807) is 12.1 Å². The number of para-hydroxylation sites is 1. The van der Waals surface area contributed by atoms with Crippen molar-refractivity contribution in [3.8, 4) is 0 Å². The second-order valence-electron chi connectivity index (χ2n) is 5.71. The van der Waals surface area contributed by atoms with Gasteiger partial charge in [0, 0.05) is 23.5 Å². The molecule has 10 heteroatoms. The number of rotatable bonds is 6. The van der Waals surface area contributed by atoms with Gasteiger partial charge in [0.15, 0.2) is 10.8 Å². The number of aryl methyl sites for hydroxylation is 1. The van der Waals surface area contributed by atoms with Crippen LogP contribution in [0.3, 0.4) is 0 Å². The van der Waals surface area contributed by atoms with Gasteiger partial charge in [0.2, 0.25) is 0 Å². The normalized spacial score (nSPS) is 11.2. The maximum absolute atomic E-state index is 12.6. The fraction of sp³-hybridized carbons (Fsp3) is 0.118. The average Bonchev–Trinajstić information content (AvgIpc) is 3.10. The molecule has 0 amide bonds. The van der Waals surface area contributed by atoms with Gasteiger partial charge in [-0.3, -0.25) is 4.72 Å². The van der Waals surface area contributed by atoms with E-state index < -0.39 is 16.0 Å². The summed E-state index contributed by atoms with van der Waals surface area (Å²) in [4.78, 5) is 15.4. The minimum atomic E-state index is -4.10. The van der Waals surface area contributed by atoms with Crippen LogP contribution in [0.4, 0.5) is 17.2 Å². The Morgan fingerprint density at radius 1 is 1.19 bits per heavy atom. The standard InChI is InChI=1S/C17H16N4O5S/c1-10-5-3-4-6-13(10)19-15-11(2)16(18-9-12(15)17(22)23)27(24,25)21-14-7-8-26-20-14/h3-9H,1-2H3,(H,18,19)(H,20,21)(H,22,23). The molecule has 2 heterocycles. The van der Waals surface area contributed by atoms with Gasteiger partial charge in [0.1, 0.15) is 11.8 Å². The molecule has 0 saturated heterocycles. The lowest BCUT2D eigenvalue weighted by molar-refractivity contribution is 0.0697. The van der Waals surface area contributed by atoms with Gasteiger partial charge >= 0.3 is 5.97 Å². The van der Waals surface area contributed by atoms with Gasteiger partial charge in [-0.2, -0.15) is 8.42 Å². The molecule has 1 aromatic carbocycles. The van der Waals surface area contributed by atoms with Crippen LogP contribution >= 0.6 is 0 Å². The molecule has 9 nitrogen and oxygen atoms in total. The van der Waals surface area contributed by atoms with Crippen LogP contribution in [0.25, 0.3) is 0 Å². The van der Waals surface area contributed by atoms with E-state index in [1.165, 1.54) is 19.3 Å². The van der Waals surface area contributed by atoms with Crippen LogP contribution < -0.4 is 10.0 Å². The molecule has 3 rings (SSSR count). The molecule has 27 heavy (non-hydrogen) atoms. The number of sulfonamides is 1. The van der Waals surface area contributed by atoms with Crippen molar-refractivity contribution in [1.82, 2.24) is 10.1 Å². The topological polar surface area (TPSA) is 134 Å². The van der Waals surface area contributed by atoms with Crippen molar-refractivity contribution >= 4 is 33.2 Å². The summed E-state index contributed by atoms with van der Waals surface area (Å²) >= 11 is 0. The van der Waals surface area contributed by atoms with Crippen LogP contribution in [0.15, 0.2) is 52.3 Å². The summed E-state index contributed by atoms with van der Waals surface area (Å²) in [5.74, 6) is -1.23. The molecule has 0 aliphatic carbocycles. The maximum atomic E-state index is 12.6. The van der Waals surface area contributed by atoms with Gasteiger partial charge < -0.3 is 14.9 Å². The highest BCUT2D eigenvalue weighted by molar-refractivity contribution is 7.92. The number of aromatic nitrogens is 2. The van der Waals surface area contributed by atoms with Crippen LogP contribution in [0, 0.1) is 13.8 Å². The van der Waals surface area contributed by atoms with Crippen LogP contribution in [-0.4, -0.2) is 29.6 Å². The smallest absolute Gasteiger partial charge is 0.339 e. The molecule has 0 unspecified atom stereocenters. The van der Waals surface area contributed by atoms with E-state index in [0.717, 1.165) is 11.8 Å². The van der Waals surface area contributed by atoms with Gasteiger partial charge in [0.05, 0.1) is 5.69 Å². The zero-order valence-corrected chi connectivity index (χ0v) is 15.2. The van der Waals surface area contributed by atoms with Crippen molar-refractivity contribution in [1.29, 1.82) is 0 Å². The Morgan fingerprint density at radius 3 is 2.56 bits per heavy atom. The lowest BCUT2D eigenvalue weighted by atomic mass is 10.1. The summed E-state index contributed by atoms with van der Waals surface area (Å²) in [5.41, 5.74) is 1.69. The predicted molar refractivity (Wildman–Crippen MR) is 97.7 cm³/mol. The van der Waals surface area contributed by atoms with E-state index in [4.69, 9.17) is 0 Å². The van der Waals surface area contributed by atoms with E-state index in [9.17, 15) is 18.3 Å². The number of nitrogens with one attached hydrogen (secondary N) is 2. The number of carboxylic acids is 1. The second-order valence-corrected chi connectivity index (χ2v) is 7.31. The van der Waals surface area contributed by atoms with E-state index in [0.29, 0.717) is 5.69 Å². The average molecular weight is 388 g/mol. The molecule has 0 bridgehead atoms. The molecule has 0 atom stereocenters. The molecule has 0 aliphatic rings. The molecule has 3 N–H and O–H groups in total. The van der Waals surface area contributed by atoms with Gasteiger partial charge in [-0.05, 0) is 25.5 Å². The third kappa shape index (κ3) is 3.75. The summed E-state index contributed by atoms with van der Waals surface area (Å²) < 4.78 is 32.1. The van der Waals surface area contributed by atoms with Crippen molar-refractivity contribution in [2.24, 2.45) is 0 Å². The molecule has 3 aromatic rings. The molecule has 0 spiro atoms. The Kier molecular flexibility index (Phi) is 4.82.